The molecule has 1 unspecified atom stereocenters. The number of carbonyl (C=O) groups excluding carboxylic acids is 4. The molecule has 2 N–H and O–H groups in total. The summed E-state index contributed by atoms with van der Waals surface area (Å²) in [6, 6.07) is 0. The van der Waals surface area contributed by atoms with Crippen molar-refractivity contribution in [3.8, 4) is 0 Å². The van der Waals surface area contributed by atoms with Crippen molar-refractivity contribution in [2.24, 2.45) is 0 Å². The van der Waals surface area contributed by atoms with Crippen LogP contribution in [0, 0.1) is 0 Å². The molecule has 0 fully saturated rings. The molecule has 0 aromatic carbocycles. The third-order valence-electron chi connectivity index (χ3n) is 3.78. The molecule has 0 aliphatic heterocycles. The lowest BCUT2D eigenvalue weighted by Gasteiger charge is -2.18. The molecule has 0 aromatic rings. The van der Waals surface area contributed by atoms with Gasteiger partial charge >= 0.3 is 24.1 Å². The molecule has 35 heavy (non-hydrogen) atoms. The summed E-state index contributed by atoms with van der Waals surface area (Å²) in [7, 11) is 0. The minimum Gasteiger partial charge on any atom is -0.460 e. The van der Waals surface area contributed by atoms with Crippen LogP contribution in [0.1, 0.15) is 20.3 Å². The lowest BCUT2D eigenvalue weighted by atomic mass is 10.3. The Bertz CT molecular complexity index is 702. The van der Waals surface area contributed by atoms with Gasteiger partial charge in [0.1, 0.15) is 25.9 Å². The highest BCUT2D eigenvalue weighted by Crippen LogP contribution is 2.02. The Morgan fingerprint density at radius 2 is 1.23 bits per heavy atom. The fraction of sp³-hybridized carbons (Fsp3) is 0.636. The van der Waals surface area contributed by atoms with Crippen LogP contribution in [0.2, 0.25) is 0 Å². The van der Waals surface area contributed by atoms with Gasteiger partial charge in [0.05, 0.1) is 26.4 Å². The van der Waals surface area contributed by atoms with Crippen LogP contribution in [-0.2, 0) is 38.0 Å². The molecule has 0 spiro atoms. The fourth-order valence-electron chi connectivity index (χ4n) is 2.02. The van der Waals surface area contributed by atoms with Crippen LogP contribution >= 0.6 is 12.6 Å². The standard InChI is InChI=1S/C22H36N2O10S/c1-16(2)19(25)31-12-10-29-8-6-23-21(27)33-15-18(5-14-35)34-22(28)24-7-9-30-11-13-32-20(26)17(3)4/h18,35H,1,3,5-15H2,2,4H3,(H,23,27)(H,24,28). The first-order valence-corrected chi connectivity index (χ1v) is 11.6. The minimum absolute atomic E-state index is 0.0799. The van der Waals surface area contributed by atoms with E-state index in [1.807, 2.05) is 0 Å². The summed E-state index contributed by atoms with van der Waals surface area (Å²) in [4.78, 5) is 46.1. The maximum absolute atomic E-state index is 11.9. The Morgan fingerprint density at radius 3 is 1.69 bits per heavy atom. The van der Waals surface area contributed by atoms with Crippen LogP contribution in [0.4, 0.5) is 9.59 Å². The minimum atomic E-state index is -0.698. The average Bonchev–Trinajstić information content (AvgIpc) is 2.80. The van der Waals surface area contributed by atoms with E-state index in [4.69, 9.17) is 28.4 Å². The maximum atomic E-state index is 11.9. The Hall–Kier alpha value is -2.77. The molecule has 0 aliphatic rings. The number of rotatable bonds is 19. The zero-order valence-corrected chi connectivity index (χ0v) is 21.2. The lowest BCUT2D eigenvalue weighted by Crippen LogP contribution is -2.36. The van der Waals surface area contributed by atoms with Crippen LogP contribution < -0.4 is 10.6 Å². The molecule has 0 saturated carbocycles. The quantitative estimate of drug-likeness (QED) is 0.0750. The van der Waals surface area contributed by atoms with Crippen LogP contribution in [-0.4, -0.2) is 95.3 Å². The number of amides is 2. The van der Waals surface area contributed by atoms with E-state index < -0.39 is 30.2 Å². The normalized spacial score (nSPS) is 11.1. The molecule has 2 amide bonds. The zero-order chi connectivity index (χ0) is 26.5. The Balaban J connectivity index is 3.88. The van der Waals surface area contributed by atoms with E-state index in [0.717, 1.165) is 0 Å². The molecule has 0 rings (SSSR count). The molecule has 1 atom stereocenters. The molecule has 13 heteroatoms. The van der Waals surface area contributed by atoms with Gasteiger partial charge in [0.25, 0.3) is 0 Å². The van der Waals surface area contributed by atoms with Gasteiger partial charge in [-0.25, -0.2) is 19.2 Å². The van der Waals surface area contributed by atoms with E-state index in [1.54, 1.807) is 13.8 Å². The maximum Gasteiger partial charge on any atom is 0.407 e. The summed E-state index contributed by atoms with van der Waals surface area (Å²) in [5.74, 6) is -0.568. The lowest BCUT2D eigenvalue weighted by molar-refractivity contribution is -0.141. The summed E-state index contributed by atoms with van der Waals surface area (Å²) in [6.07, 6.45) is -1.70. The average molecular weight is 521 g/mol. The smallest absolute Gasteiger partial charge is 0.407 e. The van der Waals surface area contributed by atoms with Crippen molar-refractivity contribution in [3.63, 3.8) is 0 Å². The van der Waals surface area contributed by atoms with Gasteiger partial charge in [0.2, 0.25) is 0 Å². The Morgan fingerprint density at radius 1 is 0.743 bits per heavy atom. The molecule has 12 nitrogen and oxygen atoms in total. The zero-order valence-electron chi connectivity index (χ0n) is 20.3. The van der Waals surface area contributed by atoms with Gasteiger partial charge in [-0.15, -0.1) is 0 Å². The van der Waals surface area contributed by atoms with Gasteiger partial charge < -0.3 is 39.1 Å². The van der Waals surface area contributed by atoms with E-state index in [2.05, 4.69) is 36.4 Å². The topological polar surface area (TPSA) is 148 Å². The summed E-state index contributed by atoms with van der Waals surface area (Å²) < 4.78 is 30.4. The van der Waals surface area contributed by atoms with Crippen molar-refractivity contribution in [2.45, 2.75) is 26.4 Å². The molecule has 0 saturated heterocycles. The first-order chi connectivity index (χ1) is 16.7. The monoisotopic (exact) mass is 520 g/mol. The van der Waals surface area contributed by atoms with E-state index in [0.29, 0.717) is 23.3 Å². The van der Waals surface area contributed by atoms with Crippen LogP contribution in [0.25, 0.3) is 0 Å². The largest absolute Gasteiger partial charge is 0.460 e. The number of esters is 2. The molecular formula is C22H36N2O10S. The number of thiol groups is 1. The number of carbonyl (C=O) groups is 4. The second-order valence-electron chi connectivity index (χ2n) is 7.05. The molecule has 0 aliphatic carbocycles. The van der Waals surface area contributed by atoms with Crippen molar-refractivity contribution in [1.29, 1.82) is 0 Å². The van der Waals surface area contributed by atoms with E-state index in [9.17, 15) is 19.2 Å². The highest BCUT2D eigenvalue weighted by Gasteiger charge is 2.16. The molecule has 0 radical (unpaired) electrons. The first kappa shape index (κ1) is 32.2. The fourth-order valence-corrected chi connectivity index (χ4v) is 2.31. The van der Waals surface area contributed by atoms with Crippen LogP contribution in [0.15, 0.2) is 24.3 Å². The summed E-state index contributed by atoms with van der Waals surface area (Å²) in [5, 5.41) is 4.99. The molecule has 0 heterocycles. The van der Waals surface area contributed by atoms with Gasteiger partial charge in [-0.2, -0.15) is 12.6 Å². The number of hydrogen-bond acceptors (Lipinski definition) is 11. The van der Waals surface area contributed by atoms with Gasteiger partial charge in [-0.1, -0.05) is 13.2 Å². The highest BCUT2D eigenvalue weighted by atomic mass is 32.1. The second kappa shape index (κ2) is 20.6. The molecule has 0 bridgehead atoms. The van der Waals surface area contributed by atoms with Crippen molar-refractivity contribution >= 4 is 36.8 Å². The number of ether oxygens (including phenoxy) is 6. The van der Waals surface area contributed by atoms with E-state index in [-0.39, 0.29) is 59.3 Å². The summed E-state index contributed by atoms with van der Waals surface area (Å²) in [6.45, 7) is 11.1. The van der Waals surface area contributed by atoms with Gasteiger partial charge in [-0.05, 0) is 26.0 Å². The van der Waals surface area contributed by atoms with Gasteiger partial charge in [0, 0.05) is 24.2 Å². The molecule has 200 valence electrons. The third-order valence-corrected chi connectivity index (χ3v) is 4.03. The Labute approximate surface area is 211 Å². The van der Waals surface area contributed by atoms with Gasteiger partial charge in [0.15, 0.2) is 0 Å². The van der Waals surface area contributed by atoms with E-state index >= 15 is 0 Å². The SMILES string of the molecule is C=C(C)C(=O)OCCOCCNC(=O)OCC(CCS)OC(=O)NCCOCCOC(=O)C(=C)C. The van der Waals surface area contributed by atoms with Crippen LogP contribution in [0.3, 0.4) is 0 Å². The van der Waals surface area contributed by atoms with Crippen molar-refractivity contribution < 1.29 is 47.6 Å². The summed E-state index contributed by atoms with van der Waals surface area (Å²) >= 11 is 4.11. The predicted octanol–water partition coefficient (Wildman–Crippen LogP) is 1.40. The van der Waals surface area contributed by atoms with Gasteiger partial charge in [-0.3, -0.25) is 0 Å². The van der Waals surface area contributed by atoms with Crippen molar-refractivity contribution in [2.75, 3.05) is 65.1 Å². The van der Waals surface area contributed by atoms with Crippen LogP contribution in [0.5, 0.6) is 0 Å². The first-order valence-electron chi connectivity index (χ1n) is 10.9. The van der Waals surface area contributed by atoms with E-state index in [1.165, 1.54) is 0 Å². The Kier molecular flexibility index (Phi) is 19.0. The van der Waals surface area contributed by atoms with Crippen molar-refractivity contribution in [3.05, 3.63) is 24.3 Å². The summed E-state index contributed by atoms with van der Waals surface area (Å²) in [5.41, 5.74) is 0.605. The number of nitrogens with one attached hydrogen (secondary N) is 2. The third kappa shape index (κ3) is 19.3. The molecular weight excluding hydrogens is 484 g/mol. The number of hydrogen-bond donors (Lipinski definition) is 3. The number of alkyl carbamates (subject to hydrolysis) is 2. The van der Waals surface area contributed by atoms with Crippen molar-refractivity contribution in [1.82, 2.24) is 10.6 Å². The molecule has 0 aromatic heterocycles. The highest BCUT2D eigenvalue weighted by molar-refractivity contribution is 7.80. The second-order valence-corrected chi connectivity index (χ2v) is 7.50. The predicted molar refractivity (Wildman–Crippen MR) is 129 cm³/mol.